The molecule has 1 aromatic carbocycles. The van der Waals surface area contributed by atoms with Gasteiger partial charge in [-0.05, 0) is 25.0 Å². The fourth-order valence-corrected chi connectivity index (χ4v) is 4.24. The molecule has 2 aromatic rings. The van der Waals surface area contributed by atoms with Gasteiger partial charge in [-0.15, -0.1) is 0 Å². The molecule has 1 amide bonds. The Morgan fingerprint density at radius 3 is 2.41 bits per heavy atom. The number of nitrogens with zero attached hydrogens (tertiary/aromatic N) is 2. The van der Waals surface area contributed by atoms with Crippen LogP contribution in [0.4, 0.5) is 5.69 Å². The lowest BCUT2D eigenvalue weighted by molar-refractivity contribution is -0.116. The molecule has 27 heavy (non-hydrogen) atoms. The van der Waals surface area contributed by atoms with E-state index in [-0.39, 0.29) is 17.5 Å². The molecule has 0 atom stereocenters. The molecule has 9 heteroatoms. The smallest absolute Gasteiger partial charge is 0.245 e. The number of sulfonamides is 1. The Morgan fingerprint density at radius 1 is 1.22 bits per heavy atom. The summed E-state index contributed by atoms with van der Waals surface area (Å²) in [6, 6.07) is 7.82. The molecule has 0 unspecified atom stereocenters. The van der Waals surface area contributed by atoms with Gasteiger partial charge in [0, 0.05) is 42.3 Å². The first kappa shape index (κ1) is 19.1. The molecule has 0 spiro atoms. The maximum Gasteiger partial charge on any atom is 0.245 e. The van der Waals surface area contributed by atoms with Gasteiger partial charge < -0.3 is 14.8 Å². The Kier molecular flexibility index (Phi) is 5.62. The summed E-state index contributed by atoms with van der Waals surface area (Å²) in [5.74, 6) is 0.600. The predicted molar refractivity (Wildman–Crippen MR) is 99.3 cm³/mol. The van der Waals surface area contributed by atoms with Crippen molar-refractivity contribution in [3.63, 3.8) is 0 Å². The maximum absolute atomic E-state index is 12.9. The van der Waals surface area contributed by atoms with E-state index in [1.165, 1.54) is 37.0 Å². The first-order valence-electron chi connectivity index (χ1n) is 8.39. The number of hydrogen-bond donors (Lipinski definition) is 1. The highest BCUT2D eigenvalue weighted by atomic mass is 32.2. The highest BCUT2D eigenvalue weighted by molar-refractivity contribution is 7.89. The number of aromatic nitrogens is 1. The number of nitrogens with one attached hydrogen (secondary N) is 1. The molecule has 1 aliphatic carbocycles. The van der Waals surface area contributed by atoms with Crippen molar-refractivity contribution in [3.8, 4) is 11.5 Å². The first-order chi connectivity index (χ1) is 12.9. The van der Waals surface area contributed by atoms with Gasteiger partial charge in [0.2, 0.25) is 15.9 Å². The normalized spacial score (nSPS) is 14.0. The van der Waals surface area contributed by atoms with Gasteiger partial charge in [-0.3, -0.25) is 9.78 Å². The van der Waals surface area contributed by atoms with Gasteiger partial charge in [0.25, 0.3) is 0 Å². The van der Waals surface area contributed by atoms with Crippen LogP contribution in [0, 0.1) is 0 Å². The second kappa shape index (κ2) is 7.93. The summed E-state index contributed by atoms with van der Waals surface area (Å²) in [6.07, 6.45) is 4.26. The van der Waals surface area contributed by atoms with Crippen molar-refractivity contribution in [2.45, 2.75) is 23.8 Å². The van der Waals surface area contributed by atoms with Crippen molar-refractivity contribution in [1.29, 1.82) is 0 Å². The minimum atomic E-state index is -3.79. The van der Waals surface area contributed by atoms with Crippen LogP contribution in [-0.4, -0.2) is 50.4 Å². The average Bonchev–Trinajstić information content (AvgIpc) is 3.51. The van der Waals surface area contributed by atoms with Crippen LogP contribution in [0.15, 0.2) is 47.6 Å². The van der Waals surface area contributed by atoms with E-state index >= 15 is 0 Å². The largest absolute Gasteiger partial charge is 0.497 e. The number of rotatable bonds is 8. The van der Waals surface area contributed by atoms with Gasteiger partial charge >= 0.3 is 0 Å². The molecule has 0 aliphatic heterocycles. The van der Waals surface area contributed by atoms with E-state index in [1.54, 1.807) is 24.3 Å². The number of pyridine rings is 1. The van der Waals surface area contributed by atoms with Crippen LogP contribution >= 0.6 is 0 Å². The Labute approximate surface area is 158 Å². The number of methoxy groups -OCH3 is 2. The lowest BCUT2D eigenvalue weighted by atomic mass is 10.2. The van der Waals surface area contributed by atoms with Gasteiger partial charge in [0.1, 0.15) is 16.4 Å². The molecule has 3 rings (SSSR count). The van der Waals surface area contributed by atoms with Gasteiger partial charge in [-0.2, -0.15) is 4.31 Å². The van der Waals surface area contributed by atoms with E-state index in [2.05, 4.69) is 10.3 Å². The molecular formula is C18H21N3O5S. The number of carbonyl (C=O) groups excluding carboxylic acids is 1. The maximum atomic E-state index is 12.9. The van der Waals surface area contributed by atoms with E-state index in [4.69, 9.17) is 9.47 Å². The molecule has 8 nitrogen and oxygen atoms in total. The Morgan fingerprint density at radius 2 is 1.89 bits per heavy atom. The minimum Gasteiger partial charge on any atom is -0.497 e. The SMILES string of the molecule is COc1cc(NC(=O)CN(C2CC2)S(=O)(=O)c2cccnc2)cc(OC)c1. The van der Waals surface area contributed by atoms with Crippen LogP contribution in [0.5, 0.6) is 11.5 Å². The van der Waals surface area contributed by atoms with Gasteiger partial charge in [-0.1, -0.05) is 0 Å². The molecule has 1 fully saturated rings. The monoisotopic (exact) mass is 391 g/mol. The fourth-order valence-electron chi connectivity index (χ4n) is 2.63. The van der Waals surface area contributed by atoms with Crippen molar-refractivity contribution in [1.82, 2.24) is 9.29 Å². The summed E-state index contributed by atoms with van der Waals surface area (Å²) in [6.45, 7) is -0.276. The summed E-state index contributed by atoms with van der Waals surface area (Å²) >= 11 is 0. The van der Waals surface area contributed by atoms with Gasteiger partial charge in [-0.25, -0.2) is 8.42 Å². The number of anilines is 1. The molecular weight excluding hydrogens is 370 g/mol. The third-order valence-electron chi connectivity index (χ3n) is 4.13. The first-order valence-corrected chi connectivity index (χ1v) is 9.83. The lowest BCUT2D eigenvalue weighted by Crippen LogP contribution is -2.39. The second-order valence-corrected chi connectivity index (χ2v) is 8.01. The highest BCUT2D eigenvalue weighted by Gasteiger charge is 2.39. The average molecular weight is 391 g/mol. The van der Waals surface area contributed by atoms with Crippen molar-refractivity contribution in [2.75, 3.05) is 26.1 Å². The van der Waals surface area contributed by atoms with E-state index in [0.717, 1.165) is 12.8 Å². The van der Waals surface area contributed by atoms with E-state index in [9.17, 15) is 13.2 Å². The standard InChI is InChI=1S/C18H21N3O5S/c1-25-15-8-13(9-16(10-15)26-2)20-18(22)12-21(14-5-6-14)27(23,24)17-4-3-7-19-11-17/h3-4,7-11,14H,5-6,12H2,1-2H3,(H,20,22). The molecule has 1 heterocycles. The summed E-state index contributed by atoms with van der Waals surface area (Å²) < 4.78 is 37.3. The molecule has 0 radical (unpaired) electrons. The predicted octanol–water partition coefficient (Wildman–Crippen LogP) is 1.89. The zero-order chi connectivity index (χ0) is 19.4. The molecule has 1 aliphatic rings. The van der Waals surface area contributed by atoms with Crippen molar-refractivity contribution < 1.29 is 22.7 Å². The van der Waals surface area contributed by atoms with Crippen LogP contribution in [0.3, 0.4) is 0 Å². The van der Waals surface area contributed by atoms with E-state index < -0.39 is 15.9 Å². The topological polar surface area (TPSA) is 97.8 Å². The zero-order valence-electron chi connectivity index (χ0n) is 15.1. The summed E-state index contributed by atoms with van der Waals surface area (Å²) in [7, 11) is -0.771. The van der Waals surface area contributed by atoms with Crippen LogP contribution in [0.1, 0.15) is 12.8 Å². The third kappa shape index (κ3) is 4.55. The minimum absolute atomic E-state index is 0.0766. The van der Waals surface area contributed by atoms with Crippen LogP contribution in [0.2, 0.25) is 0 Å². The number of benzene rings is 1. The number of ether oxygens (including phenoxy) is 2. The van der Waals surface area contributed by atoms with Crippen LogP contribution in [0.25, 0.3) is 0 Å². The molecule has 0 saturated heterocycles. The third-order valence-corrected chi connectivity index (χ3v) is 6.01. The van der Waals surface area contributed by atoms with Crippen molar-refractivity contribution >= 4 is 21.6 Å². The quantitative estimate of drug-likeness (QED) is 0.738. The molecule has 1 aromatic heterocycles. The molecule has 1 N–H and O–H groups in total. The molecule has 144 valence electrons. The van der Waals surface area contributed by atoms with Gasteiger partial charge in [0.05, 0.1) is 20.8 Å². The van der Waals surface area contributed by atoms with Gasteiger partial charge in [0.15, 0.2) is 0 Å². The van der Waals surface area contributed by atoms with Crippen LogP contribution < -0.4 is 14.8 Å². The Balaban J connectivity index is 1.77. The van der Waals surface area contributed by atoms with E-state index in [1.807, 2.05) is 0 Å². The highest BCUT2D eigenvalue weighted by Crippen LogP contribution is 2.32. The number of hydrogen-bond acceptors (Lipinski definition) is 6. The number of amides is 1. The Bertz CT molecular complexity index is 892. The second-order valence-electron chi connectivity index (χ2n) is 6.12. The Hall–Kier alpha value is -2.65. The van der Waals surface area contributed by atoms with Crippen molar-refractivity contribution in [3.05, 3.63) is 42.7 Å². The fraction of sp³-hybridized carbons (Fsp3) is 0.333. The number of carbonyl (C=O) groups is 1. The summed E-state index contributed by atoms with van der Waals surface area (Å²) in [5.41, 5.74) is 0.464. The molecule has 0 bridgehead atoms. The van der Waals surface area contributed by atoms with Crippen molar-refractivity contribution in [2.24, 2.45) is 0 Å². The summed E-state index contributed by atoms with van der Waals surface area (Å²) in [4.78, 5) is 16.5. The zero-order valence-corrected chi connectivity index (χ0v) is 15.9. The summed E-state index contributed by atoms with van der Waals surface area (Å²) in [5, 5.41) is 2.71. The van der Waals surface area contributed by atoms with Crippen LogP contribution in [-0.2, 0) is 14.8 Å². The lowest BCUT2D eigenvalue weighted by Gasteiger charge is -2.21. The molecule has 1 saturated carbocycles. The van der Waals surface area contributed by atoms with E-state index in [0.29, 0.717) is 17.2 Å².